The number of carbonyl (C=O) groups excluding carboxylic acids is 1. The van der Waals surface area contributed by atoms with Crippen LogP contribution in [0.1, 0.15) is 15.9 Å². The number of hydrogen-bond donors (Lipinski definition) is 2. The fourth-order valence-corrected chi connectivity index (χ4v) is 3.95. The molecule has 1 amide bonds. The number of amides is 1. The molecule has 0 fully saturated rings. The first-order valence-corrected chi connectivity index (χ1v) is 10.5. The van der Waals surface area contributed by atoms with Crippen molar-refractivity contribution < 1.29 is 18.1 Å². The van der Waals surface area contributed by atoms with Gasteiger partial charge in [-0.05, 0) is 42.8 Å². The molecule has 30 heavy (non-hydrogen) atoms. The lowest BCUT2D eigenvalue weighted by Crippen LogP contribution is -2.16. The third kappa shape index (κ3) is 4.76. The quantitative estimate of drug-likeness (QED) is 0.424. The van der Waals surface area contributed by atoms with Gasteiger partial charge in [0, 0.05) is 17.7 Å². The Kier molecular flexibility index (Phi) is 6.04. The number of nitro benzene ring substituents is 1. The van der Waals surface area contributed by atoms with Gasteiger partial charge >= 0.3 is 0 Å². The van der Waals surface area contributed by atoms with Crippen LogP contribution in [0.2, 0.25) is 5.02 Å². The van der Waals surface area contributed by atoms with Crippen molar-refractivity contribution in [2.75, 3.05) is 10.0 Å². The Morgan fingerprint density at radius 3 is 2.43 bits per heavy atom. The van der Waals surface area contributed by atoms with E-state index in [0.717, 1.165) is 11.6 Å². The smallest absolute Gasteiger partial charge is 0.271 e. The van der Waals surface area contributed by atoms with Crippen LogP contribution in [0.15, 0.2) is 71.6 Å². The number of rotatable bonds is 6. The van der Waals surface area contributed by atoms with Gasteiger partial charge in [-0.3, -0.25) is 19.6 Å². The molecular weight excluding hydrogens is 430 g/mol. The predicted octanol–water partition coefficient (Wildman–Crippen LogP) is 4.61. The van der Waals surface area contributed by atoms with Gasteiger partial charge in [-0.1, -0.05) is 35.9 Å². The van der Waals surface area contributed by atoms with E-state index in [1.807, 2.05) is 0 Å². The van der Waals surface area contributed by atoms with Crippen LogP contribution >= 0.6 is 11.6 Å². The molecule has 154 valence electrons. The summed E-state index contributed by atoms with van der Waals surface area (Å²) in [5.41, 5.74) is 1.02. The van der Waals surface area contributed by atoms with Gasteiger partial charge in [0.1, 0.15) is 0 Å². The molecule has 0 unspecified atom stereocenters. The Morgan fingerprint density at radius 1 is 1.00 bits per heavy atom. The highest BCUT2D eigenvalue weighted by molar-refractivity contribution is 7.92. The normalized spacial score (nSPS) is 11.0. The van der Waals surface area contributed by atoms with E-state index in [9.17, 15) is 23.3 Å². The van der Waals surface area contributed by atoms with Crippen molar-refractivity contribution in [3.8, 4) is 0 Å². The lowest BCUT2D eigenvalue weighted by Gasteiger charge is -2.12. The second-order valence-corrected chi connectivity index (χ2v) is 8.41. The fraction of sp³-hybridized carbons (Fsp3) is 0.0500. The third-order valence-corrected chi connectivity index (χ3v) is 5.90. The Labute approximate surface area is 177 Å². The highest BCUT2D eigenvalue weighted by atomic mass is 35.5. The molecule has 0 radical (unpaired) electrons. The second kappa shape index (κ2) is 8.52. The minimum Gasteiger partial charge on any atom is -0.320 e. The molecule has 3 rings (SSSR count). The lowest BCUT2D eigenvalue weighted by atomic mass is 10.2. The summed E-state index contributed by atoms with van der Waals surface area (Å²) >= 11 is 6.00. The highest BCUT2D eigenvalue weighted by Gasteiger charge is 2.18. The molecule has 3 aromatic carbocycles. The van der Waals surface area contributed by atoms with Gasteiger partial charge in [-0.25, -0.2) is 8.42 Å². The van der Waals surface area contributed by atoms with E-state index in [-0.39, 0.29) is 26.9 Å². The van der Waals surface area contributed by atoms with Gasteiger partial charge in [-0.2, -0.15) is 0 Å². The number of para-hydroxylation sites is 1. The molecule has 0 saturated heterocycles. The van der Waals surface area contributed by atoms with E-state index in [0.29, 0.717) is 5.69 Å². The molecule has 0 spiro atoms. The van der Waals surface area contributed by atoms with Crippen molar-refractivity contribution in [3.63, 3.8) is 0 Å². The minimum atomic E-state index is -3.94. The van der Waals surface area contributed by atoms with E-state index < -0.39 is 20.9 Å². The number of benzene rings is 3. The van der Waals surface area contributed by atoms with Gasteiger partial charge in [0.15, 0.2) is 0 Å². The van der Waals surface area contributed by atoms with Gasteiger partial charge in [0.25, 0.3) is 21.6 Å². The fourth-order valence-electron chi connectivity index (χ4n) is 2.61. The first kappa shape index (κ1) is 21.3. The van der Waals surface area contributed by atoms with Crippen LogP contribution in [0.3, 0.4) is 0 Å². The molecular formula is C20H16ClN3O5S. The summed E-state index contributed by atoms with van der Waals surface area (Å²) in [6.07, 6.45) is 0. The first-order valence-electron chi connectivity index (χ1n) is 8.61. The maximum absolute atomic E-state index is 12.7. The number of nitrogens with zero attached hydrogens (tertiary/aromatic N) is 1. The summed E-state index contributed by atoms with van der Waals surface area (Å²) in [4.78, 5) is 22.8. The van der Waals surface area contributed by atoms with Gasteiger partial charge in [0.2, 0.25) is 0 Å². The Hall–Kier alpha value is -3.43. The Balaban J connectivity index is 1.86. The summed E-state index contributed by atoms with van der Waals surface area (Å²) in [7, 11) is -3.94. The maximum Gasteiger partial charge on any atom is 0.271 e. The molecule has 0 aliphatic carbocycles. The minimum absolute atomic E-state index is 0.0437. The van der Waals surface area contributed by atoms with E-state index in [1.165, 1.54) is 36.4 Å². The van der Waals surface area contributed by atoms with Crippen LogP contribution in [0, 0.1) is 17.0 Å². The number of aryl methyl sites for hydroxylation is 1. The molecule has 10 heteroatoms. The molecule has 0 aromatic heterocycles. The van der Waals surface area contributed by atoms with Crippen molar-refractivity contribution in [2.45, 2.75) is 11.8 Å². The third-order valence-electron chi connectivity index (χ3n) is 4.20. The average molecular weight is 446 g/mol. The largest absolute Gasteiger partial charge is 0.320 e. The average Bonchev–Trinajstić information content (AvgIpc) is 2.71. The summed E-state index contributed by atoms with van der Waals surface area (Å²) in [6.45, 7) is 1.77. The zero-order valence-electron chi connectivity index (χ0n) is 15.6. The second-order valence-electron chi connectivity index (χ2n) is 6.32. The van der Waals surface area contributed by atoms with Crippen LogP contribution in [0.5, 0.6) is 0 Å². The number of nitrogens with one attached hydrogen (secondary N) is 2. The molecule has 8 nitrogen and oxygen atoms in total. The van der Waals surface area contributed by atoms with Crippen LogP contribution in [-0.4, -0.2) is 19.2 Å². The van der Waals surface area contributed by atoms with Crippen LogP contribution in [0.4, 0.5) is 17.1 Å². The standard InChI is InChI=1S/C20H16ClN3O5S/c1-13-5-2-3-8-18(13)23-30(28,29)16-7-4-6-14(11-16)20(25)22-19-12-15(24(26)27)9-10-17(19)21/h2-12,23H,1H3,(H,22,25). The maximum atomic E-state index is 12.7. The molecule has 3 aromatic rings. The number of halogens is 1. The highest BCUT2D eigenvalue weighted by Crippen LogP contribution is 2.27. The van der Waals surface area contributed by atoms with Crippen LogP contribution in [0.25, 0.3) is 0 Å². The zero-order chi connectivity index (χ0) is 21.9. The summed E-state index contributed by atoms with van der Waals surface area (Å²) < 4.78 is 27.9. The molecule has 0 saturated carbocycles. The predicted molar refractivity (Wildman–Crippen MR) is 114 cm³/mol. The zero-order valence-corrected chi connectivity index (χ0v) is 17.2. The van der Waals surface area contributed by atoms with Crippen molar-refractivity contribution in [2.24, 2.45) is 0 Å². The number of carbonyl (C=O) groups is 1. The van der Waals surface area contributed by atoms with Crippen LogP contribution in [-0.2, 0) is 10.0 Å². The molecule has 0 aliphatic heterocycles. The molecule has 0 heterocycles. The van der Waals surface area contributed by atoms with E-state index >= 15 is 0 Å². The molecule has 2 N–H and O–H groups in total. The van der Waals surface area contributed by atoms with Gasteiger partial charge in [-0.15, -0.1) is 0 Å². The topological polar surface area (TPSA) is 118 Å². The first-order chi connectivity index (χ1) is 14.2. The van der Waals surface area contributed by atoms with E-state index in [2.05, 4.69) is 10.0 Å². The monoisotopic (exact) mass is 445 g/mol. The summed E-state index contributed by atoms with van der Waals surface area (Å²) in [5, 5.41) is 13.5. The molecule has 0 bridgehead atoms. The Bertz CT molecular complexity index is 1240. The Morgan fingerprint density at radius 2 is 1.73 bits per heavy atom. The summed E-state index contributed by atoms with van der Waals surface area (Å²) in [6, 6.07) is 15.9. The number of hydrogen-bond acceptors (Lipinski definition) is 5. The van der Waals surface area contributed by atoms with Crippen molar-refractivity contribution in [1.82, 2.24) is 0 Å². The van der Waals surface area contributed by atoms with Crippen molar-refractivity contribution in [1.29, 1.82) is 0 Å². The van der Waals surface area contributed by atoms with Crippen molar-refractivity contribution >= 4 is 44.6 Å². The lowest BCUT2D eigenvalue weighted by molar-refractivity contribution is -0.384. The van der Waals surface area contributed by atoms with E-state index in [4.69, 9.17) is 11.6 Å². The van der Waals surface area contributed by atoms with Gasteiger partial charge in [0.05, 0.1) is 26.2 Å². The molecule has 0 atom stereocenters. The number of non-ortho nitro benzene ring substituents is 1. The SMILES string of the molecule is Cc1ccccc1NS(=O)(=O)c1cccc(C(=O)Nc2cc([N+](=O)[O-])ccc2Cl)c1. The van der Waals surface area contributed by atoms with Gasteiger partial charge < -0.3 is 5.32 Å². The number of nitro groups is 1. The summed E-state index contributed by atoms with van der Waals surface area (Å²) in [5.74, 6) is -0.662. The number of sulfonamides is 1. The van der Waals surface area contributed by atoms with Crippen molar-refractivity contribution in [3.05, 3.63) is 93.0 Å². The van der Waals surface area contributed by atoms with Crippen LogP contribution < -0.4 is 10.0 Å². The molecule has 0 aliphatic rings. The van der Waals surface area contributed by atoms with E-state index in [1.54, 1.807) is 31.2 Å². The number of anilines is 2.